The van der Waals surface area contributed by atoms with Crippen molar-refractivity contribution in [3.8, 4) is 5.88 Å². The van der Waals surface area contributed by atoms with Crippen LogP contribution in [0.25, 0.3) is 10.9 Å². The van der Waals surface area contributed by atoms with E-state index in [-0.39, 0.29) is 17.6 Å². The number of nitrogens with zero attached hydrogens (tertiary/aromatic N) is 4. The number of ketones is 1. The molecule has 3 heterocycles. The van der Waals surface area contributed by atoms with Crippen molar-refractivity contribution in [2.45, 2.75) is 26.3 Å². The van der Waals surface area contributed by atoms with E-state index in [0.717, 1.165) is 36.4 Å². The number of likely N-dealkylation sites (tertiary alicyclic amines) is 1. The lowest BCUT2D eigenvalue weighted by Crippen LogP contribution is -2.29. The number of H-pyrrole nitrogens is 1. The van der Waals surface area contributed by atoms with Crippen LogP contribution in [0, 0.1) is 6.92 Å². The van der Waals surface area contributed by atoms with E-state index in [0.29, 0.717) is 33.6 Å². The minimum Gasteiger partial charge on any atom is -0.494 e. The van der Waals surface area contributed by atoms with Gasteiger partial charge in [0.2, 0.25) is 0 Å². The van der Waals surface area contributed by atoms with Gasteiger partial charge in [-0.05, 0) is 74.8 Å². The summed E-state index contributed by atoms with van der Waals surface area (Å²) in [6, 6.07) is 21.8. The number of amides is 1. The van der Waals surface area contributed by atoms with Crippen molar-refractivity contribution >= 4 is 40.2 Å². The topological polar surface area (TPSA) is 128 Å². The highest BCUT2D eigenvalue weighted by Gasteiger charge is 2.16. The first kappa shape index (κ1) is 30.0. The fraction of sp³-hybridized carbons (Fsp3) is 0.257. The second-order valence-corrected chi connectivity index (χ2v) is 11.5. The highest BCUT2D eigenvalue weighted by Crippen LogP contribution is 2.28. The number of carbonyl (C=O) groups is 2. The summed E-state index contributed by atoms with van der Waals surface area (Å²) in [4.78, 5) is 36.2. The molecule has 0 atom stereocenters. The third-order valence-corrected chi connectivity index (χ3v) is 8.11. The maximum atomic E-state index is 13.4. The molecule has 0 radical (unpaired) electrons. The Balaban J connectivity index is 1.10. The molecule has 0 bridgehead atoms. The number of nitrogens with one attached hydrogen (secondary N) is 3. The number of aromatic nitrogens is 3. The molecule has 1 fully saturated rings. The Morgan fingerprint density at radius 3 is 2.56 bits per heavy atom. The Morgan fingerprint density at radius 2 is 1.80 bits per heavy atom. The Hall–Kier alpha value is -5.06. The van der Waals surface area contributed by atoms with Gasteiger partial charge in [-0.15, -0.1) is 0 Å². The molecule has 2 aromatic heterocycles. The van der Waals surface area contributed by atoms with Crippen molar-refractivity contribution in [1.29, 1.82) is 0 Å². The van der Waals surface area contributed by atoms with E-state index in [1.807, 2.05) is 19.1 Å². The van der Waals surface area contributed by atoms with Crippen molar-refractivity contribution in [2.75, 3.05) is 31.5 Å². The monoisotopic (exact) mass is 603 g/mol. The molecule has 5 aromatic rings. The minimum atomic E-state index is -0.309. The van der Waals surface area contributed by atoms with Crippen molar-refractivity contribution in [3.63, 3.8) is 0 Å². The molecule has 1 saturated heterocycles. The first-order chi connectivity index (χ1) is 21.8. The Labute approximate surface area is 261 Å². The number of rotatable bonds is 11. The van der Waals surface area contributed by atoms with Gasteiger partial charge in [0.1, 0.15) is 5.69 Å². The molecule has 0 aliphatic carbocycles. The van der Waals surface area contributed by atoms with Gasteiger partial charge < -0.3 is 25.6 Å². The summed E-state index contributed by atoms with van der Waals surface area (Å²) in [5.74, 6) is -0.539. The summed E-state index contributed by atoms with van der Waals surface area (Å²) in [5, 5.41) is 22.0. The van der Waals surface area contributed by atoms with Crippen molar-refractivity contribution in [1.82, 2.24) is 25.0 Å². The summed E-state index contributed by atoms with van der Waals surface area (Å²) in [6.45, 7) is 7.12. The van der Waals surface area contributed by atoms with Gasteiger partial charge in [0, 0.05) is 60.6 Å². The van der Waals surface area contributed by atoms with Gasteiger partial charge in [-0.3, -0.25) is 19.3 Å². The predicted molar refractivity (Wildman–Crippen MR) is 177 cm³/mol. The maximum absolute atomic E-state index is 13.4. The lowest BCUT2D eigenvalue weighted by molar-refractivity contribution is 0.101. The van der Waals surface area contributed by atoms with E-state index in [9.17, 15) is 14.7 Å². The van der Waals surface area contributed by atoms with E-state index >= 15 is 0 Å². The Bertz CT molecular complexity index is 1860. The van der Waals surface area contributed by atoms with Gasteiger partial charge in [-0.1, -0.05) is 36.4 Å². The molecule has 1 aliphatic heterocycles. The van der Waals surface area contributed by atoms with Crippen LogP contribution in [0.1, 0.15) is 56.1 Å². The fourth-order valence-electron chi connectivity index (χ4n) is 5.72. The quantitative estimate of drug-likeness (QED) is 0.0918. The van der Waals surface area contributed by atoms with Crippen LogP contribution < -0.4 is 10.6 Å². The van der Waals surface area contributed by atoms with Crippen molar-refractivity contribution < 1.29 is 14.7 Å². The van der Waals surface area contributed by atoms with Gasteiger partial charge in [-0.2, -0.15) is 5.10 Å². The Morgan fingerprint density at radius 1 is 1.02 bits per heavy atom. The van der Waals surface area contributed by atoms with Gasteiger partial charge in [0.05, 0.1) is 16.9 Å². The minimum absolute atomic E-state index is 0.0210. The summed E-state index contributed by atoms with van der Waals surface area (Å²) in [7, 11) is 1.71. The highest BCUT2D eigenvalue weighted by molar-refractivity contribution is 6.13. The molecule has 45 heavy (non-hydrogen) atoms. The number of aromatic hydroxyl groups is 1. The number of benzene rings is 3. The normalized spacial score (nSPS) is 13.6. The lowest BCUT2D eigenvalue weighted by Gasteiger charge is -2.14. The molecular formula is C35H37N7O3. The molecule has 4 N–H and O–H groups in total. The number of aryl methyl sites for hydroxylation is 2. The molecule has 10 nitrogen and oxygen atoms in total. The van der Waals surface area contributed by atoms with Crippen LogP contribution in [-0.2, 0) is 13.6 Å². The van der Waals surface area contributed by atoms with Gasteiger partial charge in [-0.25, -0.2) is 0 Å². The number of aliphatic imine (C=N–C) groups is 1. The zero-order valence-corrected chi connectivity index (χ0v) is 25.5. The molecule has 230 valence electrons. The smallest absolute Gasteiger partial charge is 0.273 e. The van der Waals surface area contributed by atoms with E-state index < -0.39 is 0 Å². The van der Waals surface area contributed by atoms with Gasteiger partial charge >= 0.3 is 0 Å². The van der Waals surface area contributed by atoms with E-state index in [1.165, 1.54) is 36.2 Å². The standard InChI is InChI=1S/C35H37N7O3/c1-23-18-32(41(2)40-23)35(45)38-28-7-5-6-25(19-28)33(43)26-10-13-29-30(34(44)39-31(29)20-26)22-37-27-11-8-24(9-12-27)21-36-14-17-42-15-3-4-16-42/h5-13,18-20,22,36,39,44H,3-4,14-17,21H2,1-2H3,(H,38,45). The summed E-state index contributed by atoms with van der Waals surface area (Å²) < 4.78 is 1.52. The highest BCUT2D eigenvalue weighted by atomic mass is 16.3. The number of hydrogen-bond donors (Lipinski definition) is 4. The SMILES string of the molecule is Cc1cc(C(=O)Nc2cccc(C(=O)c3ccc4c(C=Nc5ccc(CNCCN6CCCC6)cc5)c(O)[nH]c4c3)c2)n(C)n1. The van der Waals surface area contributed by atoms with Crippen molar-refractivity contribution in [3.05, 3.63) is 106 Å². The van der Waals surface area contributed by atoms with Crippen LogP contribution in [-0.4, -0.2) is 68.9 Å². The molecular weight excluding hydrogens is 566 g/mol. The fourth-order valence-corrected chi connectivity index (χ4v) is 5.72. The molecule has 1 aliphatic rings. The summed E-state index contributed by atoms with van der Waals surface area (Å²) >= 11 is 0. The lowest BCUT2D eigenvalue weighted by atomic mass is 10.0. The van der Waals surface area contributed by atoms with Crippen LogP contribution in [0.4, 0.5) is 11.4 Å². The molecule has 0 saturated carbocycles. The van der Waals surface area contributed by atoms with Crippen LogP contribution >= 0.6 is 0 Å². The Kier molecular flexibility index (Phi) is 8.86. The van der Waals surface area contributed by atoms with Crippen LogP contribution in [0.5, 0.6) is 5.88 Å². The second kappa shape index (κ2) is 13.3. The number of anilines is 1. The van der Waals surface area contributed by atoms with Crippen LogP contribution in [0.2, 0.25) is 0 Å². The van der Waals surface area contributed by atoms with Gasteiger partial charge in [0.25, 0.3) is 5.91 Å². The molecule has 6 rings (SSSR count). The van der Waals surface area contributed by atoms with E-state index in [4.69, 9.17) is 0 Å². The number of aromatic amines is 1. The van der Waals surface area contributed by atoms with Crippen molar-refractivity contribution in [2.24, 2.45) is 12.0 Å². The van der Waals surface area contributed by atoms with E-state index in [2.05, 4.69) is 42.7 Å². The number of fused-ring (bicyclic) bond motifs is 1. The third-order valence-electron chi connectivity index (χ3n) is 8.11. The number of carbonyl (C=O) groups excluding carboxylic acids is 2. The molecule has 0 spiro atoms. The third kappa shape index (κ3) is 7.03. The molecule has 3 aromatic carbocycles. The molecule has 0 unspecified atom stereocenters. The summed E-state index contributed by atoms with van der Waals surface area (Å²) in [5.41, 5.74) is 5.68. The first-order valence-corrected chi connectivity index (χ1v) is 15.2. The van der Waals surface area contributed by atoms with Crippen LogP contribution in [0.15, 0.2) is 77.8 Å². The first-order valence-electron chi connectivity index (χ1n) is 15.2. The summed E-state index contributed by atoms with van der Waals surface area (Å²) in [6.07, 6.45) is 4.26. The number of hydrogen-bond acceptors (Lipinski definition) is 7. The average Bonchev–Trinajstić information content (AvgIpc) is 3.76. The van der Waals surface area contributed by atoms with Crippen LogP contribution in [0.3, 0.4) is 0 Å². The average molecular weight is 604 g/mol. The zero-order chi connectivity index (χ0) is 31.3. The molecule has 1 amide bonds. The maximum Gasteiger partial charge on any atom is 0.273 e. The predicted octanol–water partition coefficient (Wildman–Crippen LogP) is 5.33. The van der Waals surface area contributed by atoms with Gasteiger partial charge in [0.15, 0.2) is 11.7 Å². The zero-order valence-electron chi connectivity index (χ0n) is 25.5. The largest absolute Gasteiger partial charge is 0.494 e. The molecule has 10 heteroatoms. The second-order valence-electron chi connectivity index (χ2n) is 11.5. The van der Waals surface area contributed by atoms with E-state index in [1.54, 1.807) is 61.8 Å².